The van der Waals surface area contributed by atoms with Crippen molar-refractivity contribution in [1.82, 2.24) is 0 Å². The molecule has 0 saturated carbocycles. The lowest BCUT2D eigenvalue weighted by atomic mass is 9.89. The Morgan fingerprint density at radius 3 is 2.29 bits per heavy atom. The van der Waals surface area contributed by atoms with Crippen molar-refractivity contribution in [1.29, 1.82) is 0 Å². The quantitative estimate of drug-likeness (QED) is 0.752. The summed E-state index contributed by atoms with van der Waals surface area (Å²) < 4.78 is 0. The van der Waals surface area contributed by atoms with Gasteiger partial charge >= 0.3 is 0 Å². The van der Waals surface area contributed by atoms with Gasteiger partial charge in [-0.2, -0.15) is 0 Å². The normalized spacial score (nSPS) is 10.8. The maximum atomic E-state index is 12.3. The third-order valence-corrected chi connectivity index (χ3v) is 3.13. The third-order valence-electron chi connectivity index (χ3n) is 3.13. The molecule has 0 atom stereocenters. The minimum absolute atomic E-state index is 0.133. The molecule has 0 aliphatic rings. The number of carbonyl (C=O) groups excluding carboxylic acids is 1. The van der Waals surface area contributed by atoms with Gasteiger partial charge in [-0.3, -0.25) is 4.79 Å². The van der Waals surface area contributed by atoms with Gasteiger partial charge in [-0.05, 0) is 43.5 Å². The van der Waals surface area contributed by atoms with Gasteiger partial charge in [-0.1, -0.05) is 26.7 Å². The maximum absolute atomic E-state index is 12.3. The van der Waals surface area contributed by atoms with Gasteiger partial charge < -0.3 is 5.11 Å². The average Bonchev–Trinajstić information content (AvgIpc) is 2.31. The Labute approximate surface area is 104 Å². The Kier molecular flexibility index (Phi) is 5.20. The van der Waals surface area contributed by atoms with Crippen LogP contribution in [0, 0.1) is 12.8 Å². The molecule has 17 heavy (non-hydrogen) atoms. The van der Waals surface area contributed by atoms with Gasteiger partial charge in [0.05, 0.1) is 0 Å². The second-order valence-electron chi connectivity index (χ2n) is 4.64. The summed E-state index contributed by atoms with van der Waals surface area (Å²) in [7, 11) is 0. The van der Waals surface area contributed by atoms with Crippen LogP contribution in [0.3, 0.4) is 0 Å². The molecule has 0 fully saturated rings. The van der Waals surface area contributed by atoms with Crippen LogP contribution in [0.5, 0.6) is 5.75 Å². The predicted molar refractivity (Wildman–Crippen MR) is 70.5 cm³/mol. The highest BCUT2D eigenvalue weighted by Crippen LogP contribution is 2.23. The summed E-state index contributed by atoms with van der Waals surface area (Å²) in [6.07, 6.45) is 3.97. The molecule has 0 radical (unpaired) electrons. The third kappa shape index (κ3) is 3.58. The minimum atomic E-state index is 0.133. The van der Waals surface area contributed by atoms with Crippen LogP contribution in [-0.2, 0) is 0 Å². The first-order valence-corrected chi connectivity index (χ1v) is 6.44. The van der Waals surface area contributed by atoms with E-state index >= 15 is 0 Å². The van der Waals surface area contributed by atoms with Crippen molar-refractivity contribution < 1.29 is 9.90 Å². The van der Waals surface area contributed by atoms with E-state index in [-0.39, 0.29) is 17.5 Å². The molecule has 94 valence electrons. The van der Waals surface area contributed by atoms with Crippen molar-refractivity contribution >= 4 is 5.78 Å². The number of hydrogen-bond acceptors (Lipinski definition) is 2. The molecule has 1 N–H and O–H groups in total. The molecule has 0 spiro atoms. The number of benzene rings is 1. The number of Topliss-reactive ketones (excluding diaryl/α,β-unsaturated/α-hetero) is 1. The van der Waals surface area contributed by atoms with Gasteiger partial charge in [0.15, 0.2) is 5.78 Å². The molecular formula is C15H22O2. The zero-order valence-corrected chi connectivity index (χ0v) is 11.0. The number of aryl methyl sites for hydroxylation is 1. The van der Waals surface area contributed by atoms with Crippen LogP contribution in [0.2, 0.25) is 0 Å². The van der Waals surface area contributed by atoms with Crippen LogP contribution >= 0.6 is 0 Å². The molecule has 0 bridgehead atoms. The predicted octanol–water partition coefficient (Wildman–Crippen LogP) is 4.10. The van der Waals surface area contributed by atoms with Crippen molar-refractivity contribution in [2.24, 2.45) is 5.92 Å². The van der Waals surface area contributed by atoms with Crippen LogP contribution in [0.1, 0.15) is 55.5 Å². The summed E-state index contributed by atoms with van der Waals surface area (Å²) >= 11 is 0. The van der Waals surface area contributed by atoms with Crippen LogP contribution in [0.4, 0.5) is 0 Å². The van der Waals surface area contributed by atoms with Crippen molar-refractivity contribution in [3.63, 3.8) is 0 Å². The molecule has 0 heterocycles. The molecule has 1 aromatic carbocycles. The van der Waals surface area contributed by atoms with Crippen molar-refractivity contribution in [3.8, 4) is 5.75 Å². The largest absolute Gasteiger partial charge is 0.508 e. The number of hydrogen-bond donors (Lipinski definition) is 1. The van der Waals surface area contributed by atoms with Gasteiger partial charge in [0.1, 0.15) is 5.75 Å². The van der Waals surface area contributed by atoms with Crippen molar-refractivity contribution in [3.05, 3.63) is 29.3 Å². The average molecular weight is 234 g/mol. The Hall–Kier alpha value is -1.31. The Bertz CT molecular complexity index is 377. The van der Waals surface area contributed by atoms with E-state index in [2.05, 4.69) is 13.8 Å². The smallest absolute Gasteiger partial charge is 0.165 e. The van der Waals surface area contributed by atoms with E-state index < -0.39 is 0 Å². The van der Waals surface area contributed by atoms with E-state index in [1.807, 2.05) is 6.92 Å². The lowest BCUT2D eigenvalue weighted by molar-refractivity contribution is 0.0905. The van der Waals surface area contributed by atoms with Crippen LogP contribution in [0.15, 0.2) is 18.2 Å². The van der Waals surface area contributed by atoms with E-state index in [1.54, 1.807) is 18.2 Å². The van der Waals surface area contributed by atoms with Gasteiger partial charge in [-0.25, -0.2) is 0 Å². The summed E-state index contributed by atoms with van der Waals surface area (Å²) in [5.74, 6) is 0.606. The highest BCUT2D eigenvalue weighted by Gasteiger charge is 2.18. The van der Waals surface area contributed by atoms with E-state index in [0.717, 1.165) is 36.8 Å². The first-order chi connectivity index (χ1) is 8.10. The second kappa shape index (κ2) is 6.43. The topological polar surface area (TPSA) is 37.3 Å². The number of aromatic hydroxyl groups is 1. The van der Waals surface area contributed by atoms with E-state index in [0.29, 0.717) is 0 Å². The zero-order valence-electron chi connectivity index (χ0n) is 11.0. The summed E-state index contributed by atoms with van der Waals surface area (Å²) in [5.41, 5.74) is 1.50. The van der Waals surface area contributed by atoms with Crippen LogP contribution in [-0.4, -0.2) is 10.9 Å². The number of phenols is 1. The minimum Gasteiger partial charge on any atom is -0.508 e. The lowest BCUT2D eigenvalue weighted by Gasteiger charge is -2.14. The molecule has 0 saturated heterocycles. The molecule has 0 aliphatic heterocycles. The van der Waals surface area contributed by atoms with Gasteiger partial charge in [0.2, 0.25) is 0 Å². The Morgan fingerprint density at radius 2 is 1.82 bits per heavy atom. The maximum Gasteiger partial charge on any atom is 0.165 e. The Morgan fingerprint density at radius 1 is 1.24 bits per heavy atom. The van der Waals surface area contributed by atoms with E-state index in [4.69, 9.17) is 0 Å². The van der Waals surface area contributed by atoms with Crippen LogP contribution in [0.25, 0.3) is 0 Å². The highest BCUT2D eigenvalue weighted by molar-refractivity contribution is 5.98. The number of ketones is 1. The molecule has 2 nitrogen and oxygen atoms in total. The molecule has 0 unspecified atom stereocenters. The van der Waals surface area contributed by atoms with Crippen molar-refractivity contribution in [2.45, 2.75) is 46.5 Å². The monoisotopic (exact) mass is 234 g/mol. The highest BCUT2D eigenvalue weighted by atomic mass is 16.3. The van der Waals surface area contributed by atoms with Gasteiger partial charge in [0.25, 0.3) is 0 Å². The van der Waals surface area contributed by atoms with Crippen LogP contribution < -0.4 is 0 Å². The number of carbonyl (C=O) groups is 1. The summed E-state index contributed by atoms with van der Waals surface area (Å²) in [6, 6.07) is 5.12. The molecule has 1 aromatic rings. The SMILES string of the molecule is CCCC(CCC)C(=O)c1ccc(O)c(C)c1. The number of phenolic OH excluding ortho intramolecular Hbond substituents is 1. The standard InChI is InChI=1S/C15H22O2/c1-4-6-12(7-5-2)15(17)13-8-9-14(16)11(3)10-13/h8-10,12,16H,4-7H2,1-3H3. The first-order valence-electron chi connectivity index (χ1n) is 6.44. The Balaban J connectivity index is 2.88. The fourth-order valence-corrected chi connectivity index (χ4v) is 2.15. The van der Waals surface area contributed by atoms with Gasteiger partial charge in [0, 0.05) is 11.5 Å². The molecule has 2 heteroatoms. The van der Waals surface area contributed by atoms with Crippen molar-refractivity contribution in [2.75, 3.05) is 0 Å². The molecule has 0 aromatic heterocycles. The fourth-order valence-electron chi connectivity index (χ4n) is 2.15. The summed E-state index contributed by atoms with van der Waals surface area (Å²) in [5, 5.41) is 9.46. The summed E-state index contributed by atoms with van der Waals surface area (Å²) in [6.45, 7) is 6.04. The zero-order chi connectivity index (χ0) is 12.8. The molecule has 0 amide bonds. The van der Waals surface area contributed by atoms with Gasteiger partial charge in [-0.15, -0.1) is 0 Å². The van der Waals surface area contributed by atoms with E-state index in [9.17, 15) is 9.90 Å². The lowest BCUT2D eigenvalue weighted by Crippen LogP contribution is -2.14. The molecular weight excluding hydrogens is 212 g/mol. The number of rotatable bonds is 6. The van der Waals surface area contributed by atoms with E-state index in [1.165, 1.54) is 0 Å². The summed E-state index contributed by atoms with van der Waals surface area (Å²) in [4.78, 5) is 12.3. The fraction of sp³-hybridized carbons (Fsp3) is 0.533. The molecule has 0 aliphatic carbocycles. The second-order valence-corrected chi connectivity index (χ2v) is 4.64. The molecule has 1 rings (SSSR count). The first kappa shape index (κ1) is 13.8.